The fourth-order valence-corrected chi connectivity index (χ4v) is 2.20. The molecule has 0 atom stereocenters. The third kappa shape index (κ3) is 5.53. The Balaban J connectivity index is 1.89. The van der Waals surface area contributed by atoms with Crippen LogP contribution in [0.1, 0.15) is 17.3 Å². The van der Waals surface area contributed by atoms with E-state index in [9.17, 15) is 9.59 Å². The minimum absolute atomic E-state index is 0.251. The van der Waals surface area contributed by atoms with Crippen molar-refractivity contribution in [3.63, 3.8) is 0 Å². The number of carbonyl (C=O) groups excluding carboxylic acids is 2. The molecule has 0 saturated heterocycles. The van der Waals surface area contributed by atoms with Crippen LogP contribution in [-0.2, 0) is 4.79 Å². The molecule has 0 spiro atoms. The lowest BCUT2D eigenvalue weighted by molar-refractivity contribution is -0.123. The summed E-state index contributed by atoms with van der Waals surface area (Å²) < 4.78 is 21.1. The molecule has 0 fully saturated rings. The molecule has 0 unspecified atom stereocenters. The lowest BCUT2D eigenvalue weighted by Crippen LogP contribution is -2.43. The van der Waals surface area contributed by atoms with E-state index in [4.69, 9.17) is 18.9 Å². The highest BCUT2D eigenvalue weighted by Gasteiger charge is 2.14. The average Bonchev–Trinajstić information content (AvgIpc) is 2.71. The molecule has 0 aliphatic carbocycles. The fraction of sp³-hybridized carbons (Fsp3) is 0.263. The predicted octanol–water partition coefficient (Wildman–Crippen LogP) is 1.94. The Labute approximate surface area is 157 Å². The molecule has 144 valence electrons. The van der Waals surface area contributed by atoms with Crippen LogP contribution in [0.3, 0.4) is 0 Å². The van der Waals surface area contributed by atoms with Crippen molar-refractivity contribution in [2.45, 2.75) is 6.92 Å². The molecule has 0 heterocycles. The predicted molar refractivity (Wildman–Crippen MR) is 98.3 cm³/mol. The first-order valence-electron chi connectivity index (χ1n) is 8.24. The Hall–Kier alpha value is -3.42. The van der Waals surface area contributed by atoms with Gasteiger partial charge in [0.1, 0.15) is 11.5 Å². The number of para-hydroxylation sites is 2. The van der Waals surface area contributed by atoms with E-state index in [1.165, 1.54) is 20.3 Å². The maximum atomic E-state index is 12.2. The first-order valence-corrected chi connectivity index (χ1v) is 8.24. The summed E-state index contributed by atoms with van der Waals surface area (Å²) in [4.78, 5) is 24.2. The highest BCUT2D eigenvalue weighted by Crippen LogP contribution is 2.26. The van der Waals surface area contributed by atoms with Gasteiger partial charge in [0, 0.05) is 6.07 Å². The summed E-state index contributed by atoms with van der Waals surface area (Å²) in [6.07, 6.45) is 0. The van der Waals surface area contributed by atoms with Crippen LogP contribution in [-0.4, -0.2) is 39.2 Å². The lowest BCUT2D eigenvalue weighted by Gasteiger charge is -2.13. The van der Waals surface area contributed by atoms with Gasteiger partial charge in [-0.1, -0.05) is 12.1 Å². The molecule has 0 aromatic heterocycles. The van der Waals surface area contributed by atoms with Crippen LogP contribution in [0.15, 0.2) is 42.5 Å². The lowest BCUT2D eigenvalue weighted by atomic mass is 10.2. The van der Waals surface area contributed by atoms with E-state index >= 15 is 0 Å². The van der Waals surface area contributed by atoms with Gasteiger partial charge in [-0.05, 0) is 31.2 Å². The van der Waals surface area contributed by atoms with Crippen molar-refractivity contribution in [2.75, 3.05) is 27.4 Å². The van der Waals surface area contributed by atoms with E-state index in [2.05, 4.69) is 10.9 Å². The smallest absolute Gasteiger partial charge is 0.276 e. The van der Waals surface area contributed by atoms with Gasteiger partial charge < -0.3 is 18.9 Å². The van der Waals surface area contributed by atoms with Crippen molar-refractivity contribution in [3.8, 4) is 23.0 Å². The van der Waals surface area contributed by atoms with Crippen molar-refractivity contribution in [1.82, 2.24) is 10.9 Å². The zero-order valence-electron chi connectivity index (χ0n) is 15.4. The van der Waals surface area contributed by atoms with Crippen molar-refractivity contribution in [3.05, 3.63) is 48.0 Å². The van der Waals surface area contributed by atoms with Crippen LogP contribution >= 0.6 is 0 Å². The van der Waals surface area contributed by atoms with Crippen molar-refractivity contribution >= 4 is 11.8 Å². The number of carbonyl (C=O) groups is 2. The highest BCUT2D eigenvalue weighted by atomic mass is 16.5. The first kappa shape index (κ1) is 19.9. The fourth-order valence-electron chi connectivity index (χ4n) is 2.20. The molecule has 0 aliphatic rings. The molecule has 27 heavy (non-hydrogen) atoms. The van der Waals surface area contributed by atoms with E-state index < -0.39 is 11.8 Å². The van der Waals surface area contributed by atoms with Crippen molar-refractivity contribution in [2.24, 2.45) is 0 Å². The van der Waals surface area contributed by atoms with Crippen LogP contribution < -0.4 is 29.8 Å². The van der Waals surface area contributed by atoms with Gasteiger partial charge in [0.2, 0.25) is 0 Å². The van der Waals surface area contributed by atoms with E-state index in [0.29, 0.717) is 29.6 Å². The third-order valence-electron chi connectivity index (χ3n) is 3.48. The molecule has 2 rings (SSSR count). The largest absolute Gasteiger partial charge is 0.497 e. The number of methoxy groups -OCH3 is 2. The van der Waals surface area contributed by atoms with Gasteiger partial charge in [-0.2, -0.15) is 0 Å². The highest BCUT2D eigenvalue weighted by molar-refractivity contribution is 5.98. The molecule has 2 aromatic rings. The number of hydrogen-bond acceptors (Lipinski definition) is 6. The zero-order chi connectivity index (χ0) is 19.6. The summed E-state index contributed by atoms with van der Waals surface area (Å²) >= 11 is 0. The number of ether oxygens (including phenoxy) is 4. The molecule has 0 aliphatic heterocycles. The maximum absolute atomic E-state index is 12.2. The van der Waals surface area contributed by atoms with Crippen molar-refractivity contribution < 1.29 is 28.5 Å². The van der Waals surface area contributed by atoms with Gasteiger partial charge >= 0.3 is 0 Å². The van der Waals surface area contributed by atoms with Crippen LogP contribution in [0.4, 0.5) is 0 Å². The molecular formula is C19H22N2O6. The van der Waals surface area contributed by atoms with Gasteiger partial charge in [-0.3, -0.25) is 20.4 Å². The van der Waals surface area contributed by atoms with E-state index in [1.807, 2.05) is 6.92 Å². The number of hydrogen-bond donors (Lipinski definition) is 2. The molecule has 2 N–H and O–H groups in total. The minimum Gasteiger partial charge on any atom is -0.497 e. The van der Waals surface area contributed by atoms with Crippen LogP contribution in [0.2, 0.25) is 0 Å². The Kier molecular flexibility index (Phi) is 7.30. The average molecular weight is 374 g/mol. The van der Waals surface area contributed by atoms with E-state index in [1.54, 1.807) is 36.4 Å². The summed E-state index contributed by atoms with van der Waals surface area (Å²) in [7, 11) is 2.95. The second-order valence-electron chi connectivity index (χ2n) is 5.24. The van der Waals surface area contributed by atoms with E-state index in [-0.39, 0.29) is 12.2 Å². The Morgan fingerprint density at radius 2 is 1.59 bits per heavy atom. The van der Waals surface area contributed by atoms with Crippen LogP contribution in [0.25, 0.3) is 0 Å². The standard InChI is InChI=1S/C19H22N2O6/c1-4-26-15-7-5-6-8-16(15)27-12-18(22)20-21-19(23)14-10-9-13(24-2)11-17(14)25-3/h5-11H,4,12H2,1-3H3,(H,20,22)(H,21,23). The summed E-state index contributed by atoms with van der Waals surface area (Å²) in [6.45, 7) is 2.04. The molecule has 8 nitrogen and oxygen atoms in total. The summed E-state index contributed by atoms with van der Waals surface area (Å²) in [6, 6.07) is 11.7. The molecule has 0 radical (unpaired) electrons. The molecule has 8 heteroatoms. The SMILES string of the molecule is CCOc1ccccc1OCC(=O)NNC(=O)c1ccc(OC)cc1OC. The minimum atomic E-state index is -0.530. The number of rotatable bonds is 8. The molecule has 0 bridgehead atoms. The normalized spacial score (nSPS) is 9.89. The quantitative estimate of drug-likeness (QED) is 0.686. The first-order chi connectivity index (χ1) is 13.1. The summed E-state index contributed by atoms with van der Waals surface area (Å²) in [5, 5.41) is 0. The number of amides is 2. The van der Waals surface area contributed by atoms with Crippen molar-refractivity contribution in [1.29, 1.82) is 0 Å². The van der Waals surface area contributed by atoms with Crippen LogP contribution in [0, 0.1) is 0 Å². The third-order valence-corrected chi connectivity index (χ3v) is 3.48. The zero-order valence-corrected chi connectivity index (χ0v) is 15.4. The van der Waals surface area contributed by atoms with Gasteiger partial charge in [0.05, 0.1) is 26.4 Å². The summed E-state index contributed by atoms with van der Waals surface area (Å²) in [5.74, 6) is 0.800. The number of nitrogens with one attached hydrogen (secondary N) is 2. The number of benzene rings is 2. The molecule has 2 amide bonds. The molecule has 0 saturated carbocycles. The Morgan fingerprint density at radius 3 is 2.22 bits per heavy atom. The molecular weight excluding hydrogens is 352 g/mol. The molecule has 2 aromatic carbocycles. The second kappa shape index (κ2) is 9.91. The van der Waals surface area contributed by atoms with Gasteiger partial charge in [0.25, 0.3) is 11.8 Å². The Bertz CT molecular complexity index is 794. The van der Waals surface area contributed by atoms with Gasteiger partial charge in [-0.15, -0.1) is 0 Å². The maximum Gasteiger partial charge on any atom is 0.276 e. The summed E-state index contributed by atoms with van der Waals surface area (Å²) in [5.41, 5.74) is 4.86. The number of hydrazine groups is 1. The van der Waals surface area contributed by atoms with Gasteiger partial charge in [-0.25, -0.2) is 0 Å². The Morgan fingerprint density at radius 1 is 0.889 bits per heavy atom. The van der Waals surface area contributed by atoms with Gasteiger partial charge in [0.15, 0.2) is 18.1 Å². The second-order valence-corrected chi connectivity index (χ2v) is 5.24. The topological polar surface area (TPSA) is 95.1 Å². The van der Waals surface area contributed by atoms with Crippen LogP contribution in [0.5, 0.6) is 23.0 Å². The van der Waals surface area contributed by atoms with E-state index in [0.717, 1.165) is 0 Å². The monoisotopic (exact) mass is 374 g/mol.